The van der Waals surface area contributed by atoms with E-state index in [2.05, 4.69) is 41.0 Å². The number of hydrogen-bond acceptors (Lipinski definition) is 3. The average molecular weight is 447 g/mol. The van der Waals surface area contributed by atoms with Crippen molar-refractivity contribution in [3.63, 3.8) is 0 Å². The SMILES string of the molecule is O=C(CC[C@@]1(Cc2ccc3ccccc3c2)CCC(=O)N1)NC12C[C@@H]3C[C@H](CC(O)(C3)C1)C2. The molecule has 2 amide bonds. The van der Waals surface area contributed by atoms with E-state index in [1.807, 2.05) is 12.1 Å². The van der Waals surface area contributed by atoms with Gasteiger partial charge in [-0.1, -0.05) is 42.5 Å². The minimum Gasteiger partial charge on any atom is -0.390 e. The van der Waals surface area contributed by atoms with E-state index in [9.17, 15) is 14.7 Å². The Kier molecular flexibility index (Phi) is 4.84. The number of carbonyl (C=O) groups is 2. The smallest absolute Gasteiger partial charge is 0.220 e. The lowest BCUT2D eigenvalue weighted by molar-refractivity contribution is -0.151. The van der Waals surface area contributed by atoms with Gasteiger partial charge in [0.15, 0.2) is 0 Å². The van der Waals surface area contributed by atoms with Crippen molar-refractivity contribution in [3.8, 4) is 0 Å². The van der Waals surface area contributed by atoms with Crippen molar-refractivity contribution in [1.29, 1.82) is 0 Å². The summed E-state index contributed by atoms with van der Waals surface area (Å²) in [7, 11) is 0. The van der Waals surface area contributed by atoms with Gasteiger partial charge in [-0.05, 0) is 86.0 Å². The highest BCUT2D eigenvalue weighted by molar-refractivity contribution is 5.83. The van der Waals surface area contributed by atoms with Crippen molar-refractivity contribution >= 4 is 22.6 Å². The fourth-order valence-electron chi connectivity index (χ4n) is 7.99. The Morgan fingerprint density at radius 3 is 2.52 bits per heavy atom. The van der Waals surface area contributed by atoms with Gasteiger partial charge >= 0.3 is 0 Å². The minimum atomic E-state index is -0.575. The van der Waals surface area contributed by atoms with Crippen LogP contribution in [0.3, 0.4) is 0 Å². The van der Waals surface area contributed by atoms with E-state index in [4.69, 9.17) is 0 Å². The van der Waals surface area contributed by atoms with Crippen LogP contribution >= 0.6 is 0 Å². The molecule has 0 aromatic heterocycles. The zero-order chi connectivity index (χ0) is 22.7. The zero-order valence-electron chi connectivity index (χ0n) is 19.2. The molecule has 2 aromatic rings. The van der Waals surface area contributed by atoms with Crippen LogP contribution in [0.25, 0.3) is 10.8 Å². The Hall–Kier alpha value is -2.40. The number of aliphatic hydroxyl groups is 1. The fourth-order valence-corrected chi connectivity index (χ4v) is 7.99. The fraction of sp³-hybridized carbons (Fsp3) is 0.571. The molecule has 4 aliphatic carbocycles. The van der Waals surface area contributed by atoms with E-state index >= 15 is 0 Å². The Morgan fingerprint density at radius 2 is 1.82 bits per heavy atom. The predicted molar refractivity (Wildman–Crippen MR) is 127 cm³/mol. The molecule has 5 heteroatoms. The topological polar surface area (TPSA) is 78.4 Å². The molecule has 174 valence electrons. The van der Waals surface area contributed by atoms with Gasteiger partial charge in [0.2, 0.25) is 11.8 Å². The standard InChI is InChI=1S/C28H34N2O3/c31-24-7-9-26(29-24,13-19-5-6-22-3-1-2-4-23(22)12-19)10-8-25(32)30-27-14-20-11-21(15-27)17-28(33,16-20)18-27/h1-6,12,20-21,33H,7-11,13-18H2,(H,29,31)(H,30,32)/t20-,21-,26+,27?,28?/m0/s1. The Morgan fingerprint density at radius 1 is 1.06 bits per heavy atom. The summed E-state index contributed by atoms with van der Waals surface area (Å²) in [5.41, 5.74) is 0.0324. The molecule has 5 nitrogen and oxygen atoms in total. The summed E-state index contributed by atoms with van der Waals surface area (Å²) in [5, 5.41) is 20.0. The summed E-state index contributed by atoms with van der Waals surface area (Å²) in [6.45, 7) is 0. The first-order chi connectivity index (χ1) is 15.8. The van der Waals surface area contributed by atoms with E-state index in [1.54, 1.807) is 0 Å². The molecule has 0 unspecified atom stereocenters. The van der Waals surface area contributed by atoms with E-state index in [1.165, 1.54) is 22.8 Å². The maximum atomic E-state index is 13.1. The van der Waals surface area contributed by atoms with Crippen LogP contribution in [0.5, 0.6) is 0 Å². The van der Waals surface area contributed by atoms with Gasteiger partial charge in [-0.25, -0.2) is 0 Å². The minimum absolute atomic E-state index is 0.0691. The summed E-state index contributed by atoms with van der Waals surface area (Å²) in [6, 6.07) is 14.8. The monoisotopic (exact) mass is 446 g/mol. The number of rotatable bonds is 6. The second-order valence-electron chi connectivity index (χ2n) is 11.7. The van der Waals surface area contributed by atoms with Crippen molar-refractivity contribution in [1.82, 2.24) is 10.6 Å². The molecule has 0 radical (unpaired) electrons. The third kappa shape index (κ3) is 4.05. The highest BCUT2D eigenvalue weighted by Crippen LogP contribution is 2.57. The molecule has 3 N–H and O–H groups in total. The summed E-state index contributed by atoms with van der Waals surface area (Å²) < 4.78 is 0. The van der Waals surface area contributed by atoms with E-state index < -0.39 is 5.60 Å². The Labute approximate surface area is 195 Å². The molecule has 4 bridgehead atoms. The van der Waals surface area contributed by atoms with Gasteiger partial charge in [0.1, 0.15) is 0 Å². The molecular formula is C28H34N2O3. The molecule has 0 spiro atoms. The molecule has 5 aliphatic rings. The summed E-state index contributed by atoms with van der Waals surface area (Å²) in [5.74, 6) is 1.24. The molecule has 1 saturated heterocycles. The van der Waals surface area contributed by atoms with Gasteiger partial charge in [-0.15, -0.1) is 0 Å². The lowest BCUT2D eigenvalue weighted by Gasteiger charge is -2.60. The highest BCUT2D eigenvalue weighted by atomic mass is 16.3. The molecule has 2 aromatic carbocycles. The predicted octanol–water partition coefficient (Wildman–Crippen LogP) is 4.01. The van der Waals surface area contributed by atoms with Gasteiger partial charge in [-0.3, -0.25) is 9.59 Å². The first-order valence-electron chi connectivity index (χ1n) is 12.6. The van der Waals surface area contributed by atoms with Crippen molar-refractivity contribution < 1.29 is 14.7 Å². The van der Waals surface area contributed by atoms with Crippen molar-refractivity contribution in [2.24, 2.45) is 11.8 Å². The second kappa shape index (κ2) is 7.56. The van der Waals surface area contributed by atoms with E-state index in [-0.39, 0.29) is 22.9 Å². The molecule has 3 atom stereocenters. The maximum absolute atomic E-state index is 13.1. The number of nitrogens with one attached hydrogen (secondary N) is 2. The molecule has 5 fully saturated rings. The first kappa shape index (κ1) is 21.2. The highest BCUT2D eigenvalue weighted by Gasteiger charge is 2.57. The molecule has 1 heterocycles. The normalized spacial score (nSPS) is 36.8. The molecule has 7 rings (SSSR count). The van der Waals surface area contributed by atoms with Crippen molar-refractivity contribution in [2.75, 3.05) is 0 Å². The number of benzene rings is 2. The number of amides is 2. The number of fused-ring (bicyclic) bond motifs is 1. The quantitative estimate of drug-likeness (QED) is 0.627. The van der Waals surface area contributed by atoms with Gasteiger partial charge in [0.05, 0.1) is 5.60 Å². The molecular weight excluding hydrogens is 412 g/mol. The van der Waals surface area contributed by atoms with Crippen LogP contribution in [0, 0.1) is 11.8 Å². The van der Waals surface area contributed by atoms with Crippen LogP contribution in [0.4, 0.5) is 0 Å². The van der Waals surface area contributed by atoms with Crippen molar-refractivity contribution in [3.05, 3.63) is 48.0 Å². The Bertz CT molecular complexity index is 1100. The van der Waals surface area contributed by atoms with E-state index in [0.717, 1.165) is 38.5 Å². The van der Waals surface area contributed by atoms with Crippen LogP contribution in [-0.4, -0.2) is 33.6 Å². The number of carbonyl (C=O) groups excluding carboxylic acids is 2. The van der Waals surface area contributed by atoms with E-state index in [0.29, 0.717) is 37.5 Å². The van der Waals surface area contributed by atoms with Crippen molar-refractivity contribution in [2.45, 2.75) is 87.3 Å². The van der Waals surface area contributed by atoms with Gasteiger partial charge in [0, 0.05) is 23.9 Å². The summed E-state index contributed by atoms with van der Waals surface area (Å²) >= 11 is 0. The average Bonchev–Trinajstić information content (AvgIpc) is 3.11. The largest absolute Gasteiger partial charge is 0.390 e. The van der Waals surface area contributed by atoms with Crippen LogP contribution < -0.4 is 10.6 Å². The lowest BCUT2D eigenvalue weighted by atomic mass is 9.51. The zero-order valence-corrected chi connectivity index (χ0v) is 19.2. The van der Waals surface area contributed by atoms with Gasteiger partial charge < -0.3 is 15.7 Å². The van der Waals surface area contributed by atoms with Gasteiger partial charge in [0.25, 0.3) is 0 Å². The lowest BCUT2D eigenvalue weighted by Crippen LogP contribution is -2.65. The molecule has 1 aliphatic heterocycles. The maximum Gasteiger partial charge on any atom is 0.220 e. The summed E-state index contributed by atoms with van der Waals surface area (Å²) in [4.78, 5) is 25.3. The number of hydrogen-bond donors (Lipinski definition) is 3. The van der Waals surface area contributed by atoms with Crippen LogP contribution in [-0.2, 0) is 16.0 Å². The van der Waals surface area contributed by atoms with Gasteiger partial charge in [-0.2, -0.15) is 0 Å². The van der Waals surface area contributed by atoms with Crippen LogP contribution in [0.1, 0.15) is 69.8 Å². The van der Waals surface area contributed by atoms with Crippen LogP contribution in [0.2, 0.25) is 0 Å². The third-order valence-corrected chi connectivity index (χ3v) is 8.86. The van der Waals surface area contributed by atoms with Crippen LogP contribution in [0.15, 0.2) is 42.5 Å². The molecule has 33 heavy (non-hydrogen) atoms. The second-order valence-corrected chi connectivity index (χ2v) is 11.7. The first-order valence-corrected chi connectivity index (χ1v) is 12.6. The Balaban J connectivity index is 1.15. The molecule has 4 saturated carbocycles. The third-order valence-electron chi connectivity index (χ3n) is 8.86. The summed E-state index contributed by atoms with van der Waals surface area (Å²) in [6.07, 6.45) is 8.83.